The van der Waals surface area contributed by atoms with Gasteiger partial charge in [-0.1, -0.05) is 29.8 Å². The van der Waals surface area contributed by atoms with Gasteiger partial charge in [0, 0.05) is 16.8 Å². The van der Waals surface area contributed by atoms with Crippen molar-refractivity contribution < 1.29 is 4.74 Å². The molecule has 3 heteroatoms. The van der Waals surface area contributed by atoms with Gasteiger partial charge in [-0.25, -0.2) is 0 Å². The summed E-state index contributed by atoms with van der Waals surface area (Å²) in [7, 11) is 1.65. The molecule has 0 N–H and O–H groups in total. The van der Waals surface area contributed by atoms with Crippen LogP contribution in [0.3, 0.4) is 0 Å². The van der Waals surface area contributed by atoms with Crippen LogP contribution < -0.4 is 4.74 Å². The first-order chi connectivity index (χ1) is 8.70. The molecule has 0 saturated heterocycles. The van der Waals surface area contributed by atoms with Gasteiger partial charge in [-0.3, -0.25) is 4.99 Å². The third-order valence-corrected chi connectivity index (χ3v) is 3.00. The summed E-state index contributed by atoms with van der Waals surface area (Å²) in [6.07, 6.45) is 1.77. The molecule has 2 aromatic rings. The Bertz CT molecular complexity index is 578. The maximum atomic E-state index is 6.07. The van der Waals surface area contributed by atoms with E-state index in [4.69, 9.17) is 16.3 Å². The Balaban J connectivity index is 2.27. The van der Waals surface area contributed by atoms with Gasteiger partial charge < -0.3 is 4.74 Å². The zero-order valence-corrected chi connectivity index (χ0v) is 11.1. The van der Waals surface area contributed by atoms with E-state index in [9.17, 15) is 0 Å². The smallest absolute Gasteiger partial charge is 0.119 e. The van der Waals surface area contributed by atoms with Crippen LogP contribution in [-0.4, -0.2) is 13.3 Å². The molecule has 0 spiro atoms. The van der Waals surface area contributed by atoms with Crippen LogP contribution >= 0.6 is 11.6 Å². The number of ether oxygens (including phenoxy) is 1. The van der Waals surface area contributed by atoms with Crippen molar-refractivity contribution in [2.75, 3.05) is 7.11 Å². The van der Waals surface area contributed by atoms with Crippen molar-refractivity contribution in [1.82, 2.24) is 0 Å². The molecule has 0 aromatic heterocycles. The minimum absolute atomic E-state index is 0.701. The molecule has 92 valence electrons. The molecule has 0 heterocycles. The van der Waals surface area contributed by atoms with Crippen molar-refractivity contribution >= 4 is 23.5 Å². The molecule has 0 amide bonds. The molecule has 0 radical (unpaired) electrons. The van der Waals surface area contributed by atoms with Crippen molar-refractivity contribution in [3.8, 4) is 5.75 Å². The van der Waals surface area contributed by atoms with Crippen LogP contribution in [0.15, 0.2) is 47.5 Å². The third-order valence-electron chi connectivity index (χ3n) is 2.65. The number of aryl methyl sites for hydroxylation is 1. The molecule has 18 heavy (non-hydrogen) atoms. The van der Waals surface area contributed by atoms with Crippen LogP contribution in [0.4, 0.5) is 5.69 Å². The molecule has 2 rings (SSSR count). The number of hydrogen-bond acceptors (Lipinski definition) is 2. The lowest BCUT2D eigenvalue weighted by atomic mass is 10.2. The molecule has 2 nitrogen and oxygen atoms in total. The minimum atomic E-state index is 0.701. The molecular weight excluding hydrogens is 246 g/mol. The van der Waals surface area contributed by atoms with Crippen molar-refractivity contribution in [1.29, 1.82) is 0 Å². The normalized spacial score (nSPS) is 10.8. The molecule has 0 saturated carbocycles. The lowest BCUT2D eigenvalue weighted by Crippen LogP contribution is -1.85. The largest absolute Gasteiger partial charge is 0.497 e. The Morgan fingerprint density at radius 1 is 1.17 bits per heavy atom. The molecule has 0 aliphatic heterocycles. The molecule has 0 bridgehead atoms. The Hall–Kier alpha value is -1.80. The van der Waals surface area contributed by atoms with Gasteiger partial charge in [-0.05, 0) is 36.8 Å². The highest BCUT2D eigenvalue weighted by Gasteiger charge is 1.99. The van der Waals surface area contributed by atoms with Gasteiger partial charge in [-0.2, -0.15) is 0 Å². The van der Waals surface area contributed by atoms with E-state index in [0.717, 1.165) is 22.6 Å². The summed E-state index contributed by atoms with van der Waals surface area (Å²) in [6.45, 7) is 2.00. The Kier molecular flexibility index (Phi) is 4.00. The number of hydrogen-bond donors (Lipinski definition) is 0. The zero-order valence-electron chi connectivity index (χ0n) is 10.4. The van der Waals surface area contributed by atoms with Crippen LogP contribution in [0.1, 0.15) is 11.1 Å². The molecule has 0 aliphatic carbocycles. The number of benzene rings is 2. The van der Waals surface area contributed by atoms with Crippen LogP contribution in [0.2, 0.25) is 5.02 Å². The lowest BCUT2D eigenvalue weighted by molar-refractivity contribution is 0.414. The molecular formula is C15H14ClNO. The molecule has 2 aromatic carbocycles. The van der Waals surface area contributed by atoms with E-state index in [0.29, 0.717) is 5.02 Å². The average Bonchev–Trinajstić information content (AvgIpc) is 2.39. The number of nitrogens with zero attached hydrogens (tertiary/aromatic N) is 1. The minimum Gasteiger partial charge on any atom is -0.497 e. The highest BCUT2D eigenvalue weighted by molar-refractivity contribution is 6.33. The summed E-state index contributed by atoms with van der Waals surface area (Å²) < 4.78 is 5.16. The molecule has 0 atom stereocenters. The van der Waals surface area contributed by atoms with E-state index >= 15 is 0 Å². The first kappa shape index (κ1) is 12.7. The monoisotopic (exact) mass is 259 g/mol. The quantitative estimate of drug-likeness (QED) is 0.749. The molecule has 0 fully saturated rings. The second-order valence-corrected chi connectivity index (χ2v) is 4.34. The van der Waals surface area contributed by atoms with Crippen LogP contribution in [0.5, 0.6) is 5.75 Å². The van der Waals surface area contributed by atoms with Gasteiger partial charge in [-0.15, -0.1) is 0 Å². The van der Waals surface area contributed by atoms with E-state index < -0.39 is 0 Å². The summed E-state index contributed by atoms with van der Waals surface area (Å²) in [4.78, 5) is 4.45. The topological polar surface area (TPSA) is 21.6 Å². The van der Waals surface area contributed by atoms with Crippen molar-refractivity contribution in [3.63, 3.8) is 0 Å². The second kappa shape index (κ2) is 5.69. The Morgan fingerprint density at radius 3 is 2.61 bits per heavy atom. The fourth-order valence-corrected chi connectivity index (χ4v) is 1.80. The number of methoxy groups -OCH3 is 1. The number of halogens is 1. The molecule has 0 unspecified atom stereocenters. The van der Waals surface area contributed by atoms with Gasteiger partial charge in [0.25, 0.3) is 0 Å². The second-order valence-electron chi connectivity index (χ2n) is 3.93. The van der Waals surface area contributed by atoms with Gasteiger partial charge in [0.2, 0.25) is 0 Å². The first-order valence-corrected chi connectivity index (χ1v) is 6.02. The maximum Gasteiger partial charge on any atom is 0.119 e. The summed E-state index contributed by atoms with van der Waals surface area (Å²) in [5.41, 5.74) is 2.89. The number of aliphatic imine (C=N–C) groups is 1. The van der Waals surface area contributed by atoms with E-state index in [1.54, 1.807) is 13.3 Å². The predicted molar refractivity (Wildman–Crippen MR) is 76.4 cm³/mol. The van der Waals surface area contributed by atoms with E-state index in [2.05, 4.69) is 4.99 Å². The maximum absolute atomic E-state index is 6.07. The van der Waals surface area contributed by atoms with Gasteiger partial charge in [0.15, 0.2) is 0 Å². The van der Waals surface area contributed by atoms with Crippen molar-refractivity contribution in [2.24, 2.45) is 4.99 Å². The number of rotatable bonds is 3. The van der Waals surface area contributed by atoms with Crippen LogP contribution in [0.25, 0.3) is 0 Å². The van der Waals surface area contributed by atoms with Gasteiger partial charge in [0.05, 0.1) is 12.8 Å². The first-order valence-electron chi connectivity index (χ1n) is 5.64. The van der Waals surface area contributed by atoms with Crippen LogP contribution in [0, 0.1) is 6.92 Å². The standard InChI is InChI=1S/C15H14ClNO/c1-11-9-13(18-2)7-8-15(11)17-10-12-5-3-4-6-14(12)16/h3-10H,1-2H3. The Morgan fingerprint density at radius 2 is 1.94 bits per heavy atom. The SMILES string of the molecule is COc1ccc(N=Cc2ccccc2Cl)c(C)c1. The fraction of sp³-hybridized carbons (Fsp3) is 0.133. The van der Waals surface area contributed by atoms with E-state index in [1.807, 2.05) is 49.4 Å². The van der Waals surface area contributed by atoms with Gasteiger partial charge >= 0.3 is 0 Å². The van der Waals surface area contributed by atoms with Crippen LogP contribution in [-0.2, 0) is 0 Å². The third kappa shape index (κ3) is 2.90. The Labute approximate surface area is 112 Å². The van der Waals surface area contributed by atoms with E-state index in [-0.39, 0.29) is 0 Å². The lowest BCUT2D eigenvalue weighted by Gasteiger charge is -2.04. The van der Waals surface area contributed by atoms with E-state index in [1.165, 1.54) is 0 Å². The van der Waals surface area contributed by atoms with Gasteiger partial charge in [0.1, 0.15) is 5.75 Å². The highest BCUT2D eigenvalue weighted by Crippen LogP contribution is 2.24. The average molecular weight is 260 g/mol. The summed E-state index contributed by atoms with van der Waals surface area (Å²) in [6, 6.07) is 13.4. The summed E-state index contributed by atoms with van der Waals surface area (Å²) in [5, 5.41) is 0.701. The zero-order chi connectivity index (χ0) is 13.0. The van der Waals surface area contributed by atoms with Crippen molar-refractivity contribution in [2.45, 2.75) is 6.92 Å². The van der Waals surface area contributed by atoms with Crippen molar-refractivity contribution in [3.05, 3.63) is 58.6 Å². The predicted octanol–water partition coefficient (Wildman–Crippen LogP) is 4.41. The fourth-order valence-electron chi connectivity index (χ4n) is 1.62. The molecule has 0 aliphatic rings. The highest BCUT2D eigenvalue weighted by atomic mass is 35.5. The summed E-state index contributed by atoms with van der Waals surface area (Å²) in [5.74, 6) is 0.837. The summed E-state index contributed by atoms with van der Waals surface area (Å²) >= 11 is 6.07.